The summed E-state index contributed by atoms with van der Waals surface area (Å²) in [5.74, 6) is -0.687. The van der Waals surface area contributed by atoms with Gasteiger partial charge in [-0.25, -0.2) is 4.79 Å². The van der Waals surface area contributed by atoms with E-state index in [9.17, 15) is 4.79 Å². The third-order valence-corrected chi connectivity index (χ3v) is 1.22. The molecule has 0 heterocycles. The highest BCUT2D eigenvalue weighted by molar-refractivity contribution is 6.67. The van der Waals surface area contributed by atoms with E-state index in [1.54, 1.807) is 0 Å². The van der Waals surface area contributed by atoms with Crippen LogP contribution >= 0.6 is 34.8 Å². The molecule has 4 nitrogen and oxygen atoms in total. The van der Waals surface area contributed by atoms with Crippen molar-refractivity contribution in [3.8, 4) is 0 Å². The van der Waals surface area contributed by atoms with Gasteiger partial charge in [-0.3, -0.25) is 0 Å². The summed E-state index contributed by atoms with van der Waals surface area (Å²) in [6, 6.07) is 0. The minimum atomic E-state index is -1.61. The Labute approximate surface area is 90.7 Å². The van der Waals surface area contributed by atoms with Crippen LogP contribution in [0.15, 0.2) is 5.16 Å². The first kappa shape index (κ1) is 12.8. The molecule has 0 aliphatic heterocycles. The first-order valence-corrected chi connectivity index (χ1v) is 4.32. The highest BCUT2D eigenvalue weighted by Crippen LogP contribution is 2.25. The number of nitrogens with zero attached hydrogens (tertiary/aromatic N) is 1. The van der Waals surface area contributed by atoms with E-state index in [4.69, 9.17) is 34.8 Å². The second-order valence-corrected chi connectivity index (χ2v) is 4.57. The van der Waals surface area contributed by atoms with E-state index in [1.165, 1.54) is 14.0 Å². The van der Waals surface area contributed by atoms with Crippen molar-refractivity contribution in [2.75, 3.05) is 13.7 Å². The lowest BCUT2D eigenvalue weighted by Crippen LogP contribution is -2.21. The van der Waals surface area contributed by atoms with Gasteiger partial charge in [-0.05, 0) is 6.92 Å². The van der Waals surface area contributed by atoms with Crippen molar-refractivity contribution in [1.29, 1.82) is 0 Å². The number of halogens is 3. The van der Waals surface area contributed by atoms with E-state index in [-0.39, 0.29) is 12.3 Å². The molecule has 0 saturated carbocycles. The maximum Gasteiger partial charge on any atom is 0.355 e. The van der Waals surface area contributed by atoms with Gasteiger partial charge in [0.25, 0.3) is 0 Å². The molecule has 0 fully saturated rings. The fourth-order valence-corrected chi connectivity index (χ4v) is 0.590. The molecule has 0 aromatic heterocycles. The molecule has 0 aromatic carbocycles. The third-order valence-electron chi connectivity index (χ3n) is 0.891. The molecule has 0 atom stereocenters. The number of hydrogen-bond acceptors (Lipinski definition) is 4. The molecule has 0 radical (unpaired) electrons. The van der Waals surface area contributed by atoms with Gasteiger partial charge in [0.15, 0.2) is 5.71 Å². The SMILES string of the molecule is CO/N=C(\C)C(=O)OCC(Cl)(Cl)Cl. The van der Waals surface area contributed by atoms with Crippen LogP contribution in [0.2, 0.25) is 0 Å². The highest BCUT2D eigenvalue weighted by atomic mass is 35.6. The number of oxime groups is 1. The minimum absolute atomic E-state index is 0.0525. The van der Waals surface area contributed by atoms with Crippen LogP contribution in [0.25, 0.3) is 0 Å². The molecule has 76 valence electrons. The standard InChI is InChI=1S/C6H8Cl3NO3/c1-4(10-12-2)5(11)13-3-6(7,8)9/h3H2,1-2H3/b10-4+. The largest absolute Gasteiger partial charge is 0.457 e. The first-order valence-electron chi connectivity index (χ1n) is 3.18. The molecule has 0 amide bonds. The highest BCUT2D eigenvalue weighted by Gasteiger charge is 2.22. The number of esters is 1. The summed E-state index contributed by atoms with van der Waals surface area (Å²) in [7, 11) is 1.31. The van der Waals surface area contributed by atoms with Crippen LogP contribution in [-0.4, -0.2) is 29.2 Å². The monoisotopic (exact) mass is 247 g/mol. The Morgan fingerprint density at radius 1 is 1.46 bits per heavy atom. The minimum Gasteiger partial charge on any atom is -0.457 e. The average molecular weight is 248 g/mol. The van der Waals surface area contributed by atoms with E-state index in [0.717, 1.165) is 0 Å². The van der Waals surface area contributed by atoms with Gasteiger partial charge in [-0.15, -0.1) is 0 Å². The van der Waals surface area contributed by atoms with Gasteiger partial charge in [-0.2, -0.15) is 0 Å². The van der Waals surface area contributed by atoms with Crippen LogP contribution in [-0.2, 0) is 14.4 Å². The molecule has 0 rings (SSSR count). The quantitative estimate of drug-likeness (QED) is 0.332. The van der Waals surface area contributed by atoms with Crippen LogP contribution in [0, 0.1) is 0 Å². The number of rotatable bonds is 3. The predicted octanol–water partition coefficient (Wildman–Crippen LogP) is 1.92. The van der Waals surface area contributed by atoms with Crippen LogP contribution in [0.1, 0.15) is 6.92 Å². The molecule has 0 aliphatic carbocycles. The summed E-state index contributed by atoms with van der Waals surface area (Å²) in [5, 5.41) is 3.34. The second-order valence-electron chi connectivity index (χ2n) is 2.05. The summed E-state index contributed by atoms with van der Waals surface area (Å²) < 4.78 is 2.97. The van der Waals surface area contributed by atoms with Crippen molar-refractivity contribution < 1.29 is 14.4 Å². The second kappa shape index (κ2) is 5.52. The van der Waals surface area contributed by atoms with Crippen molar-refractivity contribution >= 4 is 46.5 Å². The Kier molecular flexibility index (Phi) is 5.44. The zero-order chi connectivity index (χ0) is 10.5. The lowest BCUT2D eigenvalue weighted by Gasteiger charge is -2.10. The molecular weight excluding hydrogens is 240 g/mol. The third kappa shape index (κ3) is 6.93. The number of carbonyl (C=O) groups is 1. The zero-order valence-electron chi connectivity index (χ0n) is 7.01. The Bertz CT molecular complexity index is 212. The Balaban J connectivity index is 3.96. The summed E-state index contributed by atoms with van der Waals surface area (Å²) in [4.78, 5) is 15.3. The van der Waals surface area contributed by atoms with Crippen LogP contribution in [0.4, 0.5) is 0 Å². The van der Waals surface area contributed by atoms with Crippen molar-refractivity contribution in [2.45, 2.75) is 10.7 Å². The van der Waals surface area contributed by atoms with Gasteiger partial charge < -0.3 is 9.57 Å². The van der Waals surface area contributed by atoms with Crippen molar-refractivity contribution in [3.63, 3.8) is 0 Å². The maximum absolute atomic E-state index is 11.0. The number of ether oxygens (including phenoxy) is 1. The lowest BCUT2D eigenvalue weighted by molar-refractivity contribution is -0.135. The molecule has 0 spiro atoms. The summed E-state index contributed by atoms with van der Waals surface area (Å²) in [6.45, 7) is 1.09. The van der Waals surface area contributed by atoms with Crippen LogP contribution in [0.3, 0.4) is 0 Å². The number of carbonyl (C=O) groups excluding carboxylic acids is 1. The Morgan fingerprint density at radius 3 is 2.38 bits per heavy atom. The normalized spacial score (nSPS) is 12.5. The van der Waals surface area contributed by atoms with Gasteiger partial charge in [0.2, 0.25) is 3.79 Å². The topological polar surface area (TPSA) is 47.9 Å². The van der Waals surface area contributed by atoms with Crippen molar-refractivity contribution in [1.82, 2.24) is 0 Å². The zero-order valence-corrected chi connectivity index (χ0v) is 9.28. The molecule has 0 aromatic rings. The molecule has 0 N–H and O–H groups in total. The first-order chi connectivity index (χ1) is 5.87. The summed E-state index contributed by atoms with van der Waals surface area (Å²) in [5.41, 5.74) is 0.0525. The molecular formula is C6H8Cl3NO3. The van der Waals surface area contributed by atoms with Crippen LogP contribution in [0.5, 0.6) is 0 Å². The van der Waals surface area contributed by atoms with E-state index in [0.29, 0.717) is 0 Å². The number of alkyl halides is 3. The van der Waals surface area contributed by atoms with Gasteiger partial charge in [0, 0.05) is 0 Å². The van der Waals surface area contributed by atoms with Crippen molar-refractivity contribution in [2.24, 2.45) is 5.16 Å². The molecule has 0 unspecified atom stereocenters. The van der Waals surface area contributed by atoms with E-state index < -0.39 is 9.76 Å². The summed E-state index contributed by atoms with van der Waals surface area (Å²) in [6.07, 6.45) is 0. The van der Waals surface area contributed by atoms with Crippen molar-refractivity contribution in [3.05, 3.63) is 0 Å². The smallest absolute Gasteiger partial charge is 0.355 e. The van der Waals surface area contributed by atoms with Crippen LogP contribution < -0.4 is 0 Å². The lowest BCUT2D eigenvalue weighted by atomic mass is 10.4. The molecule has 0 aliphatic rings. The Hall–Kier alpha value is -0.190. The molecule has 0 bridgehead atoms. The molecule has 7 heteroatoms. The van der Waals surface area contributed by atoms with Gasteiger partial charge in [0.05, 0.1) is 0 Å². The maximum atomic E-state index is 11.0. The van der Waals surface area contributed by atoms with E-state index in [1.807, 2.05) is 0 Å². The summed E-state index contributed by atoms with van der Waals surface area (Å²) >= 11 is 16.0. The Morgan fingerprint density at radius 2 is 2.00 bits per heavy atom. The molecule has 13 heavy (non-hydrogen) atoms. The van der Waals surface area contributed by atoms with Gasteiger partial charge >= 0.3 is 5.97 Å². The van der Waals surface area contributed by atoms with Gasteiger partial charge in [0.1, 0.15) is 13.7 Å². The predicted molar refractivity (Wildman–Crippen MR) is 51.4 cm³/mol. The van der Waals surface area contributed by atoms with Gasteiger partial charge in [-0.1, -0.05) is 40.0 Å². The number of hydrogen-bond donors (Lipinski definition) is 0. The van der Waals surface area contributed by atoms with E-state index >= 15 is 0 Å². The fraction of sp³-hybridized carbons (Fsp3) is 0.667. The average Bonchev–Trinajstić information content (AvgIpc) is 1.99. The van der Waals surface area contributed by atoms with E-state index in [2.05, 4.69) is 14.7 Å². The fourth-order valence-electron chi connectivity index (χ4n) is 0.426. The molecule has 0 saturated heterocycles.